The number of anilines is 1. The zero-order chi connectivity index (χ0) is 36.8. The summed E-state index contributed by atoms with van der Waals surface area (Å²) in [5, 5.41) is 0. The molecular formula is C37H36N2O9S3. The fourth-order valence-electron chi connectivity index (χ4n) is 5.70. The maximum Gasteiger partial charge on any atom is 0.297 e. The number of benzene rings is 4. The van der Waals surface area contributed by atoms with Gasteiger partial charge in [-0.1, -0.05) is 78.9 Å². The maximum atomic E-state index is 12.6. The molecule has 4 aromatic rings. The first kappa shape index (κ1) is 37.6. The standard InChI is InChI=1S/C37H36N2O9S3/c1-3-39(26-30-12-6-8-14-34(30)49(40,41)42)32-23-19-28(20-24-32)37(33-13-7-10-16-36(33)50(43,44)45)27-17-21-31(22-18-27)38-25-29-11-5-9-15-35(29)51(46,47)48-4-2/h5-24H,3-4,25-26H2,1-2H3,(H,40,41,42)(H,43,44,45). The molecule has 0 aromatic heterocycles. The van der Waals surface area contributed by atoms with E-state index in [0.717, 1.165) is 5.69 Å². The highest BCUT2D eigenvalue weighted by molar-refractivity contribution is 7.87. The summed E-state index contributed by atoms with van der Waals surface area (Å²) in [5.74, 6) is 0. The largest absolute Gasteiger partial charge is 0.367 e. The highest BCUT2D eigenvalue weighted by Gasteiger charge is 2.22. The number of nitrogens with zero attached hydrogens (tertiary/aromatic N) is 2. The molecular weight excluding hydrogens is 713 g/mol. The maximum absolute atomic E-state index is 12.6. The van der Waals surface area contributed by atoms with Gasteiger partial charge in [0.2, 0.25) is 0 Å². The van der Waals surface area contributed by atoms with Gasteiger partial charge in [-0.05, 0) is 84.2 Å². The van der Waals surface area contributed by atoms with Gasteiger partial charge in [0, 0.05) is 24.3 Å². The van der Waals surface area contributed by atoms with Gasteiger partial charge in [-0.2, -0.15) is 25.3 Å². The average Bonchev–Trinajstić information content (AvgIpc) is 3.10. The van der Waals surface area contributed by atoms with Crippen LogP contribution in [0.5, 0.6) is 0 Å². The van der Waals surface area contributed by atoms with Gasteiger partial charge < -0.3 is 4.90 Å². The second-order valence-corrected chi connectivity index (χ2v) is 15.7. The van der Waals surface area contributed by atoms with E-state index in [1.807, 2.05) is 24.0 Å². The topological polar surface area (TPSA) is 168 Å². The molecule has 0 spiro atoms. The average molecular weight is 749 g/mol. The first-order valence-corrected chi connectivity index (χ1v) is 20.1. The normalized spacial score (nSPS) is 13.3. The van der Waals surface area contributed by atoms with Crippen LogP contribution < -0.4 is 4.90 Å². The first-order chi connectivity index (χ1) is 24.2. The molecule has 0 atom stereocenters. The van der Waals surface area contributed by atoms with Gasteiger partial charge in [0.15, 0.2) is 0 Å². The molecule has 0 amide bonds. The Morgan fingerprint density at radius 1 is 0.667 bits per heavy atom. The summed E-state index contributed by atoms with van der Waals surface area (Å²) < 4.78 is 99.0. The molecule has 0 bridgehead atoms. The molecule has 1 aliphatic rings. The molecule has 11 nitrogen and oxygen atoms in total. The quantitative estimate of drug-likeness (QED) is 0.114. The monoisotopic (exact) mass is 748 g/mol. The Labute approximate surface area is 298 Å². The van der Waals surface area contributed by atoms with Gasteiger partial charge >= 0.3 is 0 Å². The van der Waals surface area contributed by atoms with Crippen molar-refractivity contribution in [1.29, 1.82) is 0 Å². The van der Waals surface area contributed by atoms with E-state index in [1.54, 1.807) is 85.8 Å². The van der Waals surface area contributed by atoms with Crippen molar-refractivity contribution in [3.8, 4) is 0 Å². The predicted molar refractivity (Wildman–Crippen MR) is 196 cm³/mol. The molecule has 0 fully saturated rings. The second-order valence-electron chi connectivity index (χ2n) is 11.3. The lowest BCUT2D eigenvalue weighted by Gasteiger charge is -2.25. The fourth-order valence-corrected chi connectivity index (χ4v) is 8.25. The van der Waals surface area contributed by atoms with Crippen LogP contribution in [0.2, 0.25) is 0 Å². The van der Waals surface area contributed by atoms with E-state index in [9.17, 15) is 34.4 Å². The van der Waals surface area contributed by atoms with E-state index in [-0.39, 0.29) is 39.9 Å². The third-order valence-electron chi connectivity index (χ3n) is 8.05. The number of rotatable bonds is 13. The smallest absolute Gasteiger partial charge is 0.297 e. The van der Waals surface area contributed by atoms with Crippen LogP contribution >= 0.6 is 0 Å². The van der Waals surface area contributed by atoms with Crippen LogP contribution in [0.15, 0.2) is 147 Å². The lowest BCUT2D eigenvalue weighted by Crippen LogP contribution is -2.23. The van der Waals surface area contributed by atoms with Crippen molar-refractivity contribution in [2.24, 2.45) is 4.99 Å². The van der Waals surface area contributed by atoms with Crippen LogP contribution in [-0.2, 0) is 47.6 Å². The van der Waals surface area contributed by atoms with Crippen LogP contribution in [0.1, 0.15) is 36.1 Å². The van der Waals surface area contributed by atoms with E-state index in [0.29, 0.717) is 40.1 Å². The third-order valence-corrected chi connectivity index (χ3v) is 11.4. The molecule has 0 unspecified atom stereocenters. The number of aliphatic imine (C=N–C) groups is 1. The van der Waals surface area contributed by atoms with Gasteiger partial charge in [-0.15, -0.1) is 0 Å². The van der Waals surface area contributed by atoms with Crippen LogP contribution in [-0.4, -0.2) is 53.2 Å². The van der Waals surface area contributed by atoms with Crippen molar-refractivity contribution in [2.75, 3.05) is 18.1 Å². The minimum absolute atomic E-state index is 0.0000166. The Morgan fingerprint density at radius 3 is 1.80 bits per heavy atom. The Balaban J connectivity index is 1.52. The molecule has 0 aliphatic heterocycles. The number of allylic oxidation sites excluding steroid dienone is 5. The summed E-state index contributed by atoms with van der Waals surface area (Å²) in [6, 6.07) is 26.0. The minimum Gasteiger partial charge on any atom is -0.367 e. The van der Waals surface area contributed by atoms with Crippen molar-refractivity contribution in [2.45, 2.75) is 41.6 Å². The number of hydrogen-bond acceptors (Lipinski definition) is 9. The first-order valence-electron chi connectivity index (χ1n) is 15.8. The molecule has 0 heterocycles. The van der Waals surface area contributed by atoms with Crippen LogP contribution in [0, 0.1) is 0 Å². The van der Waals surface area contributed by atoms with Crippen LogP contribution in [0.25, 0.3) is 5.57 Å². The van der Waals surface area contributed by atoms with E-state index >= 15 is 0 Å². The lowest BCUT2D eigenvalue weighted by atomic mass is 9.90. The Morgan fingerprint density at radius 2 is 1.22 bits per heavy atom. The lowest BCUT2D eigenvalue weighted by molar-refractivity contribution is 0.337. The summed E-state index contributed by atoms with van der Waals surface area (Å²) in [6.45, 7) is 4.27. The highest BCUT2D eigenvalue weighted by Crippen LogP contribution is 2.35. The van der Waals surface area contributed by atoms with Gasteiger partial charge in [0.05, 0.1) is 28.7 Å². The molecule has 0 radical (unpaired) electrons. The second kappa shape index (κ2) is 15.7. The van der Waals surface area contributed by atoms with Gasteiger partial charge in [-0.3, -0.25) is 18.3 Å². The number of hydrogen-bond donors (Lipinski definition) is 2. The molecule has 0 saturated carbocycles. The minimum atomic E-state index is -4.62. The summed E-state index contributed by atoms with van der Waals surface area (Å²) in [6.07, 6.45) is 6.97. The van der Waals surface area contributed by atoms with Crippen molar-refractivity contribution in [3.05, 3.63) is 149 Å². The fraction of sp³-hybridized carbons (Fsp3) is 0.162. The summed E-state index contributed by atoms with van der Waals surface area (Å²) in [4.78, 5) is 6.10. The Hall–Kier alpha value is -4.70. The summed E-state index contributed by atoms with van der Waals surface area (Å²) in [7, 11) is -13.0. The van der Waals surface area contributed by atoms with E-state index < -0.39 is 30.4 Å². The van der Waals surface area contributed by atoms with Crippen molar-refractivity contribution in [3.63, 3.8) is 0 Å². The highest BCUT2D eigenvalue weighted by atomic mass is 32.2. The van der Waals surface area contributed by atoms with E-state index in [1.165, 1.54) is 30.3 Å². The molecule has 266 valence electrons. The zero-order valence-corrected chi connectivity index (χ0v) is 30.2. The SMILES string of the molecule is CCOS(=O)(=O)c1ccccc1CN=C1C=CC(=C(c2ccc(N(CC)Cc3ccccc3S(=O)(=O)O)cc2)c2ccccc2S(=O)(=O)O)C=C1. The van der Waals surface area contributed by atoms with Crippen molar-refractivity contribution in [1.82, 2.24) is 0 Å². The molecule has 0 saturated heterocycles. The van der Waals surface area contributed by atoms with Crippen molar-refractivity contribution < 1.29 is 38.5 Å². The summed E-state index contributed by atoms with van der Waals surface area (Å²) in [5.41, 5.74) is 4.20. The van der Waals surface area contributed by atoms with Gasteiger partial charge in [-0.25, -0.2) is 0 Å². The van der Waals surface area contributed by atoms with Gasteiger partial charge in [0.1, 0.15) is 4.90 Å². The molecule has 1 aliphatic carbocycles. The van der Waals surface area contributed by atoms with E-state index in [4.69, 9.17) is 4.18 Å². The van der Waals surface area contributed by atoms with Crippen LogP contribution in [0.3, 0.4) is 0 Å². The summed E-state index contributed by atoms with van der Waals surface area (Å²) >= 11 is 0. The van der Waals surface area contributed by atoms with Gasteiger partial charge in [0.25, 0.3) is 30.4 Å². The van der Waals surface area contributed by atoms with E-state index in [2.05, 4.69) is 4.99 Å². The molecule has 14 heteroatoms. The van der Waals surface area contributed by atoms with Crippen LogP contribution in [0.4, 0.5) is 5.69 Å². The zero-order valence-electron chi connectivity index (χ0n) is 27.7. The Bertz CT molecular complexity index is 2360. The predicted octanol–water partition coefficient (Wildman–Crippen LogP) is 6.50. The molecule has 51 heavy (non-hydrogen) atoms. The van der Waals surface area contributed by atoms with Crippen molar-refractivity contribution >= 4 is 47.3 Å². The molecule has 2 N–H and O–H groups in total. The third kappa shape index (κ3) is 8.97. The molecule has 4 aromatic carbocycles. The Kier molecular flexibility index (Phi) is 11.5. The molecule has 5 rings (SSSR count).